The first-order valence-electron chi connectivity index (χ1n) is 9.41. The van der Waals surface area contributed by atoms with Crippen LogP contribution in [0.2, 0.25) is 0 Å². The number of alkyl halides is 2. The highest BCUT2D eigenvalue weighted by Crippen LogP contribution is 2.33. The van der Waals surface area contributed by atoms with Crippen LogP contribution in [0.1, 0.15) is 24.2 Å². The number of benzene rings is 2. The van der Waals surface area contributed by atoms with Crippen molar-refractivity contribution in [3.63, 3.8) is 0 Å². The Morgan fingerprint density at radius 2 is 1.72 bits per heavy atom. The first-order valence-corrected chi connectivity index (χ1v) is 10.9. The number of piperidine rings is 1. The van der Waals surface area contributed by atoms with E-state index in [0.717, 1.165) is 32.0 Å². The monoisotopic (exact) mass is 420 g/mol. The number of furan rings is 1. The molecule has 2 heterocycles. The predicted octanol–water partition coefficient (Wildman–Crippen LogP) is 4.29. The van der Waals surface area contributed by atoms with Crippen molar-refractivity contribution in [2.75, 3.05) is 13.1 Å². The van der Waals surface area contributed by atoms with Crippen LogP contribution in [0.5, 0.6) is 0 Å². The third-order valence-corrected chi connectivity index (χ3v) is 7.25. The number of hydrogen-bond acceptors (Lipinski definition) is 4. The third kappa shape index (κ3) is 3.80. The average molecular weight is 420 g/mol. The lowest BCUT2D eigenvalue weighted by Gasteiger charge is -2.30. The van der Waals surface area contributed by atoms with E-state index in [4.69, 9.17) is 10.2 Å². The van der Waals surface area contributed by atoms with Gasteiger partial charge in [-0.15, -0.1) is 0 Å². The van der Waals surface area contributed by atoms with Crippen LogP contribution in [0.4, 0.5) is 8.78 Å². The second-order valence-electron chi connectivity index (χ2n) is 7.41. The number of rotatable bonds is 4. The van der Waals surface area contributed by atoms with Crippen LogP contribution in [-0.4, -0.2) is 31.7 Å². The Bertz CT molecular complexity index is 1140. The summed E-state index contributed by atoms with van der Waals surface area (Å²) in [6, 6.07) is 12.4. The van der Waals surface area contributed by atoms with Gasteiger partial charge in [0.25, 0.3) is 5.92 Å². The lowest BCUT2D eigenvalue weighted by Crippen LogP contribution is -2.42. The summed E-state index contributed by atoms with van der Waals surface area (Å²) in [4.78, 5) is 0.109. The topological polar surface area (TPSA) is 76.5 Å². The molecule has 2 aromatic carbocycles. The molecule has 0 saturated carbocycles. The quantitative estimate of drug-likeness (QED) is 0.683. The van der Waals surface area contributed by atoms with Crippen molar-refractivity contribution in [1.29, 1.82) is 0 Å². The molecule has 0 bridgehead atoms. The normalized spacial score (nSPS) is 17.7. The first-order chi connectivity index (χ1) is 13.7. The zero-order chi connectivity index (χ0) is 20.8. The largest absolute Gasteiger partial charge is 0.459 e. The molecular weight excluding hydrogens is 398 g/mol. The summed E-state index contributed by atoms with van der Waals surface area (Å²) in [7, 11) is -3.78. The Labute approximate surface area is 168 Å². The fraction of sp³-hybridized carbons (Fsp3) is 0.333. The molecule has 5 nitrogen and oxygen atoms in total. The fourth-order valence-corrected chi connectivity index (χ4v) is 5.11. The van der Waals surface area contributed by atoms with Gasteiger partial charge >= 0.3 is 0 Å². The highest BCUT2D eigenvalue weighted by molar-refractivity contribution is 7.89. The molecule has 1 aromatic heterocycles. The zero-order valence-electron chi connectivity index (χ0n) is 16.0. The van der Waals surface area contributed by atoms with E-state index in [1.165, 1.54) is 12.1 Å². The van der Waals surface area contributed by atoms with Crippen LogP contribution in [-0.2, 0) is 16.6 Å². The van der Waals surface area contributed by atoms with E-state index >= 15 is 0 Å². The summed E-state index contributed by atoms with van der Waals surface area (Å²) in [6.07, 6.45) is -0.891. The van der Waals surface area contributed by atoms with Gasteiger partial charge in [-0.25, -0.2) is 17.2 Å². The maximum atomic E-state index is 13.3. The van der Waals surface area contributed by atoms with Gasteiger partial charge in [0.2, 0.25) is 10.0 Å². The van der Waals surface area contributed by atoms with E-state index in [-0.39, 0.29) is 18.0 Å². The van der Waals surface area contributed by atoms with Crippen LogP contribution in [0.25, 0.3) is 22.1 Å². The minimum atomic E-state index is -3.78. The summed E-state index contributed by atoms with van der Waals surface area (Å²) >= 11 is 0. The number of aryl methyl sites for hydroxylation is 1. The van der Waals surface area contributed by atoms with Gasteiger partial charge in [0.1, 0.15) is 11.3 Å². The summed E-state index contributed by atoms with van der Waals surface area (Å²) in [5, 5.41) is 0.936. The van der Waals surface area contributed by atoms with Crippen LogP contribution < -0.4 is 5.73 Å². The maximum Gasteiger partial charge on any atom is 0.250 e. The van der Waals surface area contributed by atoms with Crippen molar-refractivity contribution in [2.24, 2.45) is 5.73 Å². The minimum Gasteiger partial charge on any atom is -0.459 e. The van der Waals surface area contributed by atoms with Crippen LogP contribution >= 0.6 is 0 Å². The molecule has 29 heavy (non-hydrogen) atoms. The number of sulfonamides is 1. The lowest BCUT2D eigenvalue weighted by molar-refractivity contribution is -0.0412. The van der Waals surface area contributed by atoms with Gasteiger partial charge in [-0.1, -0.05) is 12.1 Å². The van der Waals surface area contributed by atoms with Crippen LogP contribution in [0, 0.1) is 6.92 Å². The van der Waals surface area contributed by atoms with Crippen molar-refractivity contribution in [1.82, 2.24) is 4.31 Å². The fourth-order valence-electron chi connectivity index (χ4n) is 3.67. The van der Waals surface area contributed by atoms with E-state index < -0.39 is 28.8 Å². The van der Waals surface area contributed by atoms with E-state index in [1.807, 2.05) is 25.1 Å². The van der Waals surface area contributed by atoms with Crippen molar-refractivity contribution in [3.05, 3.63) is 53.8 Å². The molecule has 154 valence electrons. The summed E-state index contributed by atoms with van der Waals surface area (Å²) in [5.41, 5.74) is 9.19. The van der Waals surface area contributed by atoms with Gasteiger partial charge in [0.05, 0.1) is 11.4 Å². The molecule has 4 rings (SSSR count). The Morgan fingerprint density at radius 1 is 1.07 bits per heavy atom. The smallest absolute Gasteiger partial charge is 0.250 e. The van der Waals surface area contributed by atoms with Crippen LogP contribution in [0.15, 0.2) is 51.8 Å². The molecule has 0 spiro atoms. The Kier molecular flexibility index (Phi) is 4.96. The number of halogens is 2. The first kappa shape index (κ1) is 20.0. The molecule has 1 saturated heterocycles. The molecule has 1 aliphatic heterocycles. The lowest BCUT2D eigenvalue weighted by atomic mass is 10.0. The second-order valence-corrected chi connectivity index (χ2v) is 9.35. The molecule has 1 fully saturated rings. The Hall–Kier alpha value is -2.29. The van der Waals surface area contributed by atoms with Crippen molar-refractivity contribution in [2.45, 2.75) is 37.1 Å². The number of fused-ring (bicyclic) bond motifs is 1. The summed E-state index contributed by atoms with van der Waals surface area (Å²) in [5.74, 6) is -2.09. The second kappa shape index (κ2) is 7.19. The zero-order valence-corrected chi connectivity index (χ0v) is 16.8. The molecule has 2 N–H and O–H groups in total. The molecule has 0 aliphatic carbocycles. The Balaban J connectivity index is 1.62. The molecule has 0 amide bonds. The van der Waals surface area contributed by atoms with Crippen LogP contribution in [0.3, 0.4) is 0 Å². The van der Waals surface area contributed by atoms with Crippen molar-refractivity contribution < 1.29 is 21.6 Å². The minimum absolute atomic E-state index is 0.109. The molecule has 1 aliphatic rings. The molecule has 0 radical (unpaired) electrons. The van der Waals surface area contributed by atoms with E-state index in [2.05, 4.69) is 0 Å². The van der Waals surface area contributed by atoms with Gasteiger partial charge in [0, 0.05) is 31.3 Å². The van der Waals surface area contributed by atoms with Gasteiger partial charge in [-0.2, -0.15) is 4.31 Å². The van der Waals surface area contributed by atoms with Crippen molar-refractivity contribution in [3.8, 4) is 11.1 Å². The highest BCUT2D eigenvalue weighted by atomic mass is 32.2. The summed E-state index contributed by atoms with van der Waals surface area (Å²) < 4.78 is 59.1. The molecule has 8 heteroatoms. The molecule has 0 unspecified atom stereocenters. The molecule has 0 atom stereocenters. The van der Waals surface area contributed by atoms with Gasteiger partial charge in [-0.3, -0.25) is 0 Å². The van der Waals surface area contributed by atoms with Gasteiger partial charge in [0.15, 0.2) is 0 Å². The third-order valence-electron chi connectivity index (χ3n) is 5.33. The Morgan fingerprint density at radius 3 is 2.34 bits per heavy atom. The number of hydrogen-bond donors (Lipinski definition) is 1. The predicted molar refractivity (Wildman–Crippen MR) is 107 cm³/mol. The average Bonchev–Trinajstić information content (AvgIpc) is 3.12. The standard InChI is InChI=1S/C21H22F2N2O3S/c1-14-10-16(11-17-12-18(13-24)28-20(14)17)15-2-4-19(5-3-15)29(26,27)25-8-6-21(22,23)7-9-25/h2-5,10-12H,6-9,13,24H2,1H3. The van der Waals surface area contributed by atoms with Gasteiger partial charge in [-0.05, 0) is 53.9 Å². The van der Waals surface area contributed by atoms with E-state index in [9.17, 15) is 17.2 Å². The van der Waals surface area contributed by atoms with Gasteiger partial charge < -0.3 is 10.2 Å². The molecule has 3 aromatic rings. The number of nitrogens with zero attached hydrogens (tertiary/aromatic N) is 1. The number of nitrogens with two attached hydrogens (primary N) is 1. The maximum absolute atomic E-state index is 13.3. The van der Waals surface area contributed by atoms with Crippen molar-refractivity contribution >= 4 is 21.0 Å². The van der Waals surface area contributed by atoms with E-state index in [0.29, 0.717) is 12.3 Å². The summed E-state index contributed by atoms with van der Waals surface area (Å²) in [6.45, 7) is 1.92. The SMILES string of the molecule is Cc1cc(-c2ccc(S(=O)(=O)N3CCC(F)(F)CC3)cc2)cc2cc(CN)oc12. The highest BCUT2D eigenvalue weighted by Gasteiger charge is 2.38. The molecular formula is C21H22F2N2O3S. The van der Waals surface area contributed by atoms with E-state index in [1.54, 1.807) is 12.1 Å².